The summed E-state index contributed by atoms with van der Waals surface area (Å²) in [5.41, 5.74) is 0.0620. The molecule has 0 aromatic carbocycles. The van der Waals surface area contributed by atoms with Crippen LogP contribution < -0.4 is 5.32 Å². The Balaban J connectivity index is 1.37. The highest BCUT2D eigenvalue weighted by atomic mass is 19.1. The third kappa shape index (κ3) is 2.73. The molecule has 0 unspecified atom stereocenters. The molecule has 0 radical (unpaired) electrons. The molecule has 2 aliphatic heterocycles. The minimum Gasteiger partial charge on any atom is -0.375 e. The zero-order valence-electron chi connectivity index (χ0n) is 12.4. The zero-order valence-corrected chi connectivity index (χ0v) is 12.4. The molecule has 1 aromatic heterocycles. The second-order valence-electron chi connectivity index (χ2n) is 6.58. The van der Waals surface area contributed by atoms with E-state index in [2.05, 4.69) is 15.2 Å². The lowest BCUT2D eigenvalue weighted by molar-refractivity contribution is -0.0581. The normalized spacial score (nSPS) is 31.8. The van der Waals surface area contributed by atoms with Crippen LogP contribution in [0.2, 0.25) is 0 Å². The number of pyridine rings is 1. The second kappa shape index (κ2) is 5.59. The number of rotatable bonds is 3. The van der Waals surface area contributed by atoms with Gasteiger partial charge in [0.2, 0.25) is 0 Å². The molecular weight excluding hydrogens is 285 g/mol. The van der Waals surface area contributed by atoms with Crippen LogP contribution in [0.3, 0.4) is 0 Å². The van der Waals surface area contributed by atoms with E-state index >= 15 is 0 Å². The highest BCUT2D eigenvalue weighted by molar-refractivity contribution is 5.94. The first-order valence-corrected chi connectivity index (χ1v) is 7.96. The van der Waals surface area contributed by atoms with E-state index in [0.29, 0.717) is 12.1 Å². The standard InChI is InChI=1S/C16H20FN3O2/c17-14-6-18-4-3-13(14)16(21)19-11-5-12-9-22-15(10-1-2-10)8-20(12)7-11/h3-4,6,10-12,15H,1-2,5,7-9H2,(H,19,21)/t11-,12-,15-/m0/s1. The summed E-state index contributed by atoms with van der Waals surface area (Å²) in [6.07, 6.45) is 6.30. The maximum Gasteiger partial charge on any atom is 0.254 e. The summed E-state index contributed by atoms with van der Waals surface area (Å²) in [6.45, 7) is 2.54. The number of fused-ring (bicyclic) bond motifs is 1. The van der Waals surface area contributed by atoms with Crippen LogP contribution in [0.25, 0.3) is 0 Å². The molecule has 1 aliphatic carbocycles. The average molecular weight is 305 g/mol. The summed E-state index contributed by atoms with van der Waals surface area (Å²) in [4.78, 5) is 18.3. The zero-order chi connectivity index (χ0) is 15.1. The third-order valence-corrected chi connectivity index (χ3v) is 4.95. The lowest BCUT2D eigenvalue weighted by Gasteiger charge is -2.35. The quantitative estimate of drug-likeness (QED) is 0.912. The van der Waals surface area contributed by atoms with Crippen molar-refractivity contribution >= 4 is 5.91 Å². The molecule has 5 nitrogen and oxygen atoms in total. The average Bonchev–Trinajstić information content (AvgIpc) is 3.28. The van der Waals surface area contributed by atoms with E-state index in [1.54, 1.807) is 0 Å². The Morgan fingerprint density at radius 3 is 3.05 bits per heavy atom. The number of halogens is 1. The maximum atomic E-state index is 13.6. The van der Waals surface area contributed by atoms with E-state index in [4.69, 9.17) is 4.74 Å². The Labute approximate surface area is 128 Å². The number of hydrogen-bond donors (Lipinski definition) is 1. The maximum absolute atomic E-state index is 13.6. The number of nitrogens with zero attached hydrogens (tertiary/aromatic N) is 2. The number of ether oxygens (including phenoxy) is 1. The molecule has 1 N–H and O–H groups in total. The number of carbonyl (C=O) groups is 1. The van der Waals surface area contributed by atoms with Gasteiger partial charge in [0.15, 0.2) is 5.82 Å². The minimum absolute atomic E-state index is 0.0617. The highest BCUT2D eigenvalue weighted by Gasteiger charge is 2.42. The number of carbonyl (C=O) groups excluding carboxylic acids is 1. The fourth-order valence-electron chi connectivity index (χ4n) is 3.58. The Bertz CT molecular complexity index is 578. The fraction of sp³-hybridized carbons (Fsp3) is 0.625. The topological polar surface area (TPSA) is 54.5 Å². The number of hydrogen-bond acceptors (Lipinski definition) is 4. The Morgan fingerprint density at radius 1 is 1.41 bits per heavy atom. The van der Waals surface area contributed by atoms with Crippen LogP contribution in [0, 0.1) is 11.7 Å². The molecule has 4 rings (SSSR count). The van der Waals surface area contributed by atoms with Gasteiger partial charge < -0.3 is 10.1 Å². The van der Waals surface area contributed by atoms with Gasteiger partial charge in [0.05, 0.1) is 24.5 Å². The van der Waals surface area contributed by atoms with Crippen LogP contribution in [0.1, 0.15) is 29.6 Å². The Kier molecular flexibility index (Phi) is 3.58. The van der Waals surface area contributed by atoms with Gasteiger partial charge in [-0.25, -0.2) is 4.39 Å². The number of nitrogens with one attached hydrogen (secondary N) is 1. The minimum atomic E-state index is -0.576. The summed E-state index contributed by atoms with van der Waals surface area (Å²) in [7, 11) is 0. The summed E-state index contributed by atoms with van der Waals surface area (Å²) < 4.78 is 19.6. The first-order chi connectivity index (χ1) is 10.7. The van der Waals surface area contributed by atoms with E-state index in [-0.39, 0.29) is 17.5 Å². The smallest absolute Gasteiger partial charge is 0.254 e. The molecule has 3 aliphatic rings. The van der Waals surface area contributed by atoms with Gasteiger partial charge >= 0.3 is 0 Å². The number of amides is 1. The summed E-state index contributed by atoms with van der Waals surface area (Å²) in [5.74, 6) is -0.197. The number of aromatic nitrogens is 1. The van der Waals surface area contributed by atoms with E-state index in [1.807, 2.05) is 0 Å². The van der Waals surface area contributed by atoms with Gasteiger partial charge in [0.1, 0.15) is 0 Å². The van der Waals surface area contributed by atoms with Crippen molar-refractivity contribution in [1.29, 1.82) is 0 Å². The molecule has 1 amide bonds. The molecule has 0 bridgehead atoms. The molecule has 3 atom stereocenters. The van der Waals surface area contributed by atoms with Crippen molar-refractivity contribution in [3.8, 4) is 0 Å². The first kappa shape index (κ1) is 14.1. The molecule has 3 heterocycles. The summed E-state index contributed by atoms with van der Waals surface area (Å²) >= 11 is 0. The van der Waals surface area contributed by atoms with Gasteiger partial charge in [-0.3, -0.25) is 14.7 Å². The van der Waals surface area contributed by atoms with Crippen LogP contribution in [0.5, 0.6) is 0 Å². The van der Waals surface area contributed by atoms with Gasteiger partial charge in [0.25, 0.3) is 5.91 Å². The van der Waals surface area contributed by atoms with Crippen LogP contribution in [0.4, 0.5) is 4.39 Å². The van der Waals surface area contributed by atoms with Crippen molar-refractivity contribution in [2.24, 2.45) is 5.92 Å². The van der Waals surface area contributed by atoms with Crippen LogP contribution in [-0.4, -0.2) is 53.7 Å². The van der Waals surface area contributed by atoms with Gasteiger partial charge in [-0.05, 0) is 31.2 Å². The van der Waals surface area contributed by atoms with Crippen molar-refractivity contribution in [3.05, 3.63) is 29.8 Å². The van der Waals surface area contributed by atoms with Crippen LogP contribution in [-0.2, 0) is 4.74 Å². The summed E-state index contributed by atoms with van der Waals surface area (Å²) in [5, 5.41) is 2.95. The van der Waals surface area contributed by atoms with E-state index in [0.717, 1.165) is 38.2 Å². The molecule has 118 valence electrons. The first-order valence-electron chi connectivity index (χ1n) is 7.96. The van der Waals surface area contributed by atoms with Gasteiger partial charge in [0, 0.05) is 31.4 Å². The van der Waals surface area contributed by atoms with Gasteiger partial charge in [-0.1, -0.05) is 0 Å². The molecule has 2 saturated heterocycles. The molecule has 0 spiro atoms. The second-order valence-corrected chi connectivity index (χ2v) is 6.58. The Morgan fingerprint density at radius 2 is 2.27 bits per heavy atom. The lowest BCUT2D eigenvalue weighted by atomic mass is 10.1. The molecule has 1 saturated carbocycles. The van der Waals surface area contributed by atoms with Crippen molar-refractivity contribution in [3.63, 3.8) is 0 Å². The molecular formula is C16H20FN3O2. The SMILES string of the molecule is O=C(N[C@H]1C[C@H]2CO[C@H](C3CC3)CN2C1)c1ccncc1F. The molecule has 6 heteroatoms. The van der Waals surface area contributed by atoms with E-state index in [9.17, 15) is 9.18 Å². The van der Waals surface area contributed by atoms with E-state index in [1.165, 1.54) is 25.1 Å². The predicted molar refractivity (Wildman–Crippen MR) is 77.9 cm³/mol. The Hall–Kier alpha value is -1.53. The third-order valence-electron chi connectivity index (χ3n) is 4.95. The van der Waals surface area contributed by atoms with Crippen LogP contribution >= 0.6 is 0 Å². The largest absolute Gasteiger partial charge is 0.375 e. The molecule has 3 fully saturated rings. The lowest BCUT2D eigenvalue weighted by Crippen LogP contribution is -2.47. The molecule has 1 aromatic rings. The van der Waals surface area contributed by atoms with Crippen molar-refractivity contribution in [2.45, 2.75) is 37.5 Å². The van der Waals surface area contributed by atoms with Gasteiger partial charge in [-0.15, -0.1) is 0 Å². The van der Waals surface area contributed by atoms with Crippen molar-refractivity contribution < 1.29 is 13.9 Å². The predicted octanol–water partition coefficient (Wildman–Crippen LogP) is 1.20. The monoisotopic (exact) mass is 305 g/mol. The van der Waals surface area contributed by atoms with Crippen molar-refractivity contribution in [1.82, 2.24) is 15.2 Å². The molecule has 22 heavy (non-hydrogen) atoms. The number of morpholine rings is 1. The van der Waals surface area contributed by atoms with E-state index < -0.39 is 5.82 Å². The summed E-state index contributed by atoms with van der Waals surface area (Å²) in [6, 6.07) is 1.85. The van der Waals surface area contributed by atoms with Gasteiger partial charge in [-0.2, -0.15) is 0 Å². The highest BCUT2D eigenvalue weighted by Crippen LogP contribution is 2.37. The van der Waals surface area contributed by atoms with Crippen molar-refractivity contribution in [2.75, 3.05) is 19.7 Å². The van der Waals surface area contributed by atoms with Crippen LogP contribution in [0.15, 0.2) is 18.5 Å². The fourth-order valence-corrected chi connectivity index (χ4v) is 3.58.